The predicted octanol–water partition coefficient (Wildman–Crippen LogP) is 0.701. The third-order valence-corrected chi connectivity index (χ3v) is 2.72. The summed E-state index contributed by atoms with van der Waals surface area (Å²) in [7, 11) is 2.05. The molecule has 0 rings (SSSR count). The van der Waals surface area contributed by atoms with E-state index in [1.807, 2.05) is 7.05 Å². The first kappa shape index (κ1) is 14.4. The van der Waals surface area contributed by atoms with Crippen molar-refractivity contribution in [1.82, 2.24) is 4.90 Å². The molecular weight excluding hydrogens is 190 g/mol. The molecule has 0 aliphatic heterocycles. The molecule has 1 amide bonds. The highest BCUT2D eigenvalue weighted by atomic mass is 16.1. The van der Waals surface area contributed by atoms with Crippen molar-refractivity contribution < 1.29 is 4.79 Å². The zero-order valence-electron chi connectivity index (χ0n) is 10.3. The standard InChI is InChI=1S/C11H25N3O/c1-4-5-6-8-14(3)9-7-11(2,13)10(12)15/h4-9,13H2,1-3H3,(H2,12,15). The zero-order chi connectivity index (χ0) is 11.9. The summed E-state index contributed by atoms with van der Waals surface area (Å²) in [5, 5.41) is 0. The van der Waals surface area contributed by atoms with E-state index >= 15 is 0 Å². The molecule has 1 unspecified atom stereocenters. The van der Waals surface area contributed by atoms with Gasteiger partial charge in [-0.2, -0.15) is 0 Å². The Labute approximate surface area is 93.0 Å². The van der Waals surface area contributed by atoms with Gasteiger partial charge in [0.15, 0.2) is 0 Å². The van der Waals surface area contributed by atoms with Gasteiger partial charge in [0, 0.05) is 6.54 Å². The van der Waals surface area contributed by atoms with E-state index in [0.717, 1.165) is 13.1 Å². The SMILES string of the molecule is CCCCCN(C)CCC(C)(N)C(N)=O. The largest absolute Gasteiger partial charge is 0.368 e. The minimum absolute atomic E-state index is 0.426. The Morgan fingerprint density at radius 1 is 1.33 bits per heavy atom. The van der Waals surface area contributed by atoms with Gasteiger partial charge in [-0.05, 0) is 33.4 Å². The van der Waals surface area contributed by atoms with E-state index in [1.54, 1.807) is 6.92 Å². The normalized spacial score (nSPS) is 15.3. The highest BCUT2D eigenvalue weighted by Crippen LogP contribution is 2.06. The summed E-state index contributed by atoms with van der Waals surface area (Å²) in [6.07, 6.45) is 4.29. The van der Waals surface area contributed by atoms with E-state index in [9.17, 15) is 4.79 Å². The fourth-order valence-electron chi connectivity index (χ4n) is 1.29. The predicted molar refractivity (Wildman–Crippen MR) is 63.4 cm³/mol. The van der Waals surface area contributed by atoms with Crippen molar-refractivity contribution in [2.45, 2.75) is 45.1 Å². The number of primary amides is 1. The van der Waals surface area contributed by atoms with E-state index in [4.69, 9.17) is 11.5 Å². The Hall–Kier alpha value is -0.610. The van der Waals surface area contributed by atoms with Crippen molar-refractivity contribution in [3.63, 3.8) is 0 Å². The van der Waals surface area contributed by atoms with Gasteiger partial charge in [-0.15, -0.1) is 0 Å². The third-order valence-electron chi connectivity index (χ3n) is 2.72. The number of carbonyl (C=O) groups excluding carboxylic acids is 1. The molecule has 90 valence electrons. The average Bonchev–Trinajstić information content (AvgIpc) is 2.15. The maximum Gasteiger partial charge on any atom is 0.237 e. The second kappa shape index (κ2) is 6.80. The van der Waals surface area contributed by atoms with E-state index in [2.05, 4.69) is 11.8 Å². The molecule has 0 spiro atoms. The second-order valence-corrected chi connectivity index (χ2v) is 4.54. The van der Waals surface area contributed by atoms with Crippen LogP contribution >= 0.6 is 0 Å². The topological polar surface area (TPSA) is 72.3 Å². The van der Waals surface area contributed by atoms with Gasteiger partial charge in [0.25, 0.3) is 0 Å². The van der Waals surface area contributed by atoms with Gasteiger partial charge < -0.3 is 16.4 Å². The van der Waals surface area contributed by atoms with Crippen LogP contribution in [0.5, 0.6) is 0 Å². The molecule has 0 fully saturated rings. The number of unbranched alkanes of at least 4 members (excludes halogenated alkanes) is 2. The van der Waals surface area contributed by atoms with E-state index in [-0.39, 0.29) is 0 Å². The molecule has 0 heterocycles. The van der Waals surface area contributed by atoms with Crippen molar-refractivity contribution in [1.29, 1.82) is 0 Å². The van der Waals surface area contributed by atoms with Crippen LogP contribution in [0, 0.1) is 0 Å². The van der Waals surface area contributed by atoms with Crippen molar-refractivity contribution in [3.8, 4) is 0 Å². The summed E-state index contributed by atoms with van der Waals surface area (Å²) in [6, 6.07) is 0. The summed E-state index contributed by atoms with van der Waals surface area (Å²) in [5.74, 6) is -0.426. The lowest BCUT2D eigenvalue weighted by Crippen LogP contribution is -2.50. The molecule has 0 aromatic rings. The molecule has 1 atom stereocenters. The summed E-state index contributed by atoms with van der Waals surface area (Å²) in [6.45, 7) is 5.75. The third kappa shape index (κ3) is 6.47. The van der Waals surface area contributed by atoms with Crippen molar-refractivity contribution in [3.05, 3.63) is 0 Å². The molecule has 0 saturated heterocycles. The number of hydrogen-bond acceptors (Lipinski definition) is 3. The van der Waals surface area contributed by atoms with Crippen molar-refractivity contribution in [2.24, 2.45) is 11.5 Å². The highest BCUT2D eigenvalue weighted by molar-refractivity contribution is 5.83. The molecule has 0 aliphatic rings. The molecule has 4 heteroatoms. The summed E-state index contributed by atoms with van der Waals surface area (Å²) in [5.41, 5.74) is 10.1. The molecule has 0 bridgehead atoms. The Morgan fingerprint density at radius 2 is 1.93 bits per heavy atom. The molecule has 15 heavy (non-hydrogen) atoms. The molecule has 0 aromatic carbocycles. The molecule has 4 nitrogen and oxygen atoms in total. The Kier molecular flexibility index (Phi) is 6.52. The average molecular weight is 215 g/mol. The minimum Gasteiger partial charge on any atom is -0.368 e. The first-order valence-electron chi connectivity index (χ1n) is 5.67. The van der Waals surface area contributed by atoms with E-state index < -0.39 is 11.4 Å². The van der Waals surface area contributed by atoms with Crippen molar-refractivity contribution in [2.75, 3.05) is 20.1 Å². The lowest BCUT2D eigenvalue weighted by Gasteiger charge is -2.24. The van der Waals surface area contributed by atoms with E-state index in [0.29, 0.717) is 6.42 Å². The van der Waals surface area contributed by atoms with Gasteiger partial charge in [-0.3, -0.25) is 4.79 Å². The number of nitrogens with two attached hydrogens (primary N) is 2. The lowest BCUT2D eigenvalue weighted by molar-refractivity contribution is -0.122. The van der Waals surface area contributed by atoms with Crippen LogP contribution in [-0.2, 0) is 4.79 Å². The fraction of sp³-hybridized carbons (Fsp3) is 0.909. The van der Waals surface area contributed by atoms with Crippen LogP contribution in [0.4, 0.5) is 0 Å². The Balaban J connectivity index is 3.70. The summed E-state index contributed by atoms with van der Waals surface area (Å²) in [4.78, 5) is 13.2. The summed E-state index contributed by atoms with van der Waals surface area (Å²) < 4.78 is 0. The Bertz CT molecular complexity index is 192. The lowest BCUT2D eigenvalue weighted by atomic mass is 9.98. The van der Waals surface area contributed by atoms with Crippen LogP contribution in [-0.4, -0.2) is 36.5 Å². The van der Waals surface area contributed by atoms with Crippen LogP contribution in [0.1, 0.15) is 39.5 Å². The summed E-state index contributed by atoms with van der Waals surface area (Å²) >= 11 is 0. The minimum atomic E-state index is -0.876. The van der Waals surface area contributed by atoms with Gasteiger partial charge in [-0.1, -0.05) is 19.8 Å². The number of amides is 1. The van der Waals surface area contributed by atoms with Crippen LogP contribution in [0.3, 0.4) is 0 Å². The zero-order valence-corrected chi connectivity index (χ0v) is 10.3. The fourth-order valence-corrected chi connectivity index (χ4v) is 1.29. The van der Waals surface area contributed by atoms with Crippen LogP contribution in [0.25, 0.3) is 0 Å². The first-order chi connectivity index (χ1) is 6.90. The number of carbonyl (C=O) groups is 1. The number of hydrogen-bond donors (Lipinski definition) is 2. The molecule has 0 aliphatic carbocycles. The van der Waals surface area contributed by atoms with Crippen molar-refractivity contribution >= 4 is 5.91 Å². The molecule has 0 radical (unpaired) electrons. The molecule has 4 N–H and O–H groups in total. The van der Waals surface area contributed by atoms with Gasteiger partial charge in [0.05, 0.1) is 5.54 Å². The monoisotopic (exact) mass is 215 g/mol. The Morgan fingerprint density at radius 3 is 2.40 bits per heavy atom. The van der Waals surface area contributed by atoms with Crippen LogP contribution < -0.4 is 11.5 Å². The first-order valence-corrected chi connectivity index (χ1v) is 5.67. The van der Waals surface area contributed by atoms with Gasteiger partial charge in [0.1, 0.15) is 0 Å². The molecule has 0 aromatic heterocycles. The second-order valence-electron chi connectivity index (χ2n) is 4.54. The van der Waals surface area contributed by atoms with Crippen LogP contribution in [0.15, 0.2) is 0 Å². The van der Waals surface area contributed by atoms with Gasteiger partial charge in [0.2, 0.25) is 5.91 Å². The maximum absolute atomic E-state index is 11.0. The number of nitrogens with zero attached hydrogens (tertiary/aromatic N) is 1. The van der Waals surface area contributed by atoms with Gasteiger partial charge in [-0.25, -0.2) is 0 Å². The number of rotatable bonds is 8. The highest BCUT2D eigenvalue weighted by Gasteiger charge is 2.25. The van der Waals surface area contributed by atoms with Gasteiger partial charge >= 0.3 is 0 Å². The molecular formula is C11H25N3O. The quantitative estimate of drug-likeness (QED) is 0.585. The van der Waals surface area contributed by atoms with E-state index in [1.165, 1.54) is 19.3 Å². The molecule has 0 saturated carbocycles. The smallest absolute Gasteiger partial charge is 0.237 e. The maximum atomic E-state index is 11.0. The van der Waals surface area contributed by atoms with Crippen LogP contribution in [0.2, 0.25) is 0 Å².